The first-order chi connectivity index (χ1) is 10.0. The summed E-state index contributed by atoms with van der Waals surface area (Å²) in [6, 6.07) is 7.85. The molecule has 2 rings (SSSR count). The highest BCUT2D eigenvalue weighted by Crippen LogP contribution is 2.35. The van der Waals surface area contributed by atoms with E-state index in [1.165, 1.54) is 6.07 Å². The summed E-state index contributed by atoms with van der Waals surface area (Å²) in [7, 11) is 0. The molecule has 2 aromatic rings. The summed E-state index contributed by atoms with van der Waals surface area (Å²) in [5.74, 6) is -1.00. The molecule has 1 unspecified atom stereocenters. The summed E-state index contributed by atoms with van der Waals surface area (Å²) < 4.78 is 27.6. The van der Waals surface area contributed by atoms with Crippen molar-refractivity contribution in [3.8, 4) is 0 Å². The van der Waals surface area contributed by atoms with Crippen LogP contribution in [-0.4, -0.2) is 6.54 Å². The first-order valence-corrected chi connectivity index (χ1v) is 7.42. The number of nitrogens with one attached hydrogen (secondary N) is 1. The molecule has 0 amide bonds. The van der Waals surface area contributed by atoms with E-state index >= 15 is 0 Å². The molecule has 0 aliphatic rings. The predicted octanol–water partition coefficient (Wildman–Crippen LogP) is 5.36. The van der Waals surface area contributed by atoms with Gasteiger partial charge in [0.1, 0.15) is 11.6 Å². The Kier molecular flexibility index (Phi) is 5.57. The molecule has 0 bridgehead atoms. The predicted molar refractivity (Wildman–Crippen MR) is 83.0 cm³/mol. The van der Waals surface area contributed by atoms with Crippen LogP contribution in [-0.2, 0) is 0 Å². The zero-order valence-corrected chi connectivity index (χ0v) is 13.0. The average Bonchev–Trinajstić information content (AvgIpc) is 2.45. The molecule has 0 aliphatic heterocycles. The van der Waals surface area contributed by atoms with Gasteiger partial charge in [-0.15, -0.1) is 0 Å². The lowest BCUT2D eigenvalue weighted by Crippen LogP contribution is -2.25. The van der Waals surface area contributed by atoms with Crippen molar-refractivity contribution in [2.75, 3.05) is 6.54 Å². The van der Waals surface area contributed by atoms with E-state index in [2.05, 4.69) is 5.32 Å². The smallest absolute Gasteiger partial charge is 0.128 e. The van der Waals surface area contributed by atoms with Crippen LogP contribution < -0.4 is 5.32 Å². The Bertz CT molecular complexity index is 611. The molecular formula is C16H15Cl2F2N. The number of rotatable bonds is 5. The molecule has 0 saturated carbocycles. The van der Waals surface area contributed by atoms with E-state index in [4.69, 9.17) is 23.2 Å². The van der Waals surface area contributed by atoms with E-state index in [1.807, 2.05) is 6.92 Å². The largest absolute Gasteiger partial charge is 0.306 e. The summed E-state index contributed by atoms with van der Waals surface area (Å²) in [5.41, 5.74) is 0.747. The second-order valence-electron chi connectivity index (χ2n) is 4.69. The molecule has 21 heavy (non-hydrogen) atoms. The zero-order chi connectivity index (χ0) is 15.4. The summed E-state index contributed by atoms with van der Waals surface area (Å²) in [4.78, 5) is 0. The van der Waals surface area contributed by atoms with Gasteiger partial charge in [0.2, 0.25) is 0 Å². The number of benzene rings is 2. The lowest BCUT2D eigenvalue weighted by Gasteiger charge is -2.22. The number of hydrogen-bond acceptors (Lipinski definition) is 1. The lowest BCUT2D eigenvalue weighted by molar-refractivity contribution is 0.535. The van der Waals surface area contributed by atoms with Gasteiger partial charge in [-0.3, -0.25) is 0 Å². The van der Waals surface area contributed by atoms with Crippen LogP contribution >= 0.6 is 23.2 Å². The van der Waals surface area contributed by atoms with Crippen molar-refractivity contribution in [1.29, 1.82) is 0 Å². The standard InChI is InChI=1S/C16H15Cl2F2N/c1-2-8-21-16(11-9-10(19)6-7-14(11)20)15-12(17)4-3-5-13(15)18/h3-7,9,16,21H,2,8H2,1H3. The third-order valence-electron chi connectivity index (χ3n) is 3.16. The van der Waals surface area contributed by atoms with Crippen molar-refractivity contribution in [2.45, 2.75) is 19.4 Å². The minimum atomic E-state index is -0.596. The summed E-state index contributed by atoms with van der Waals surface area (Å²) in [6.45, 7) is 2.61. The third kappa shape index (κ3) is 3.73. The molecule has 0 fully saturated rings. The van der Waals surface area contributed by atoms with Crippen molar-refractivity contribution in [2.24, 2.45) is 0 Å². The Morgan fingerprint density at radius 1 is 1.10 bits per heavy atom. The van der Waals surface area contributed by atoms with Gasteiger partial charge in [-0.05, 0) is 43.3 Å². The third-order valence-corrected chi connectivity index (χ3v) is 3.82. The Hall–Kier alpha value is -1.16. The fourth-order valence-corrected chi connectivity index (χ4v) is 2.79. The fraction of sp³-hybridized carbons (Fsp3) is 0.250. The maximum atomic E-state index is 14.1. The normalized spacial score (nSPS) is 12.4. The van der Waals surface area contributed by atoms with Crippen molar-refractivity contribution in [1.82, 2.24) is 5.32 Å². The van der Waals surface area contributed by atoms with Gasteiger partial charge in [-0.2, -0.15) is 0 Å². The van der Waals surface area contributed by atoms with Crippen molar-refractivity contribution in [3.05, 3.63) is 69.2 Å². The molecule has 0 heterocycles. The van der Waals surface area contributed by atoms with Crippen LogP contribution in [0, 0.1) is 11.6 Å². The van der Waals surface area contributed by atoms with Gasteiger partial charge in [-0.25, -0.2) is 8.78 Å². The van der Waals surface area contributed by atoms with E-state index in [1.54, 1.807) is 18.2 Å². The van der Waals surface area contributed by atoms with Crippen LogP contribution in [0.5, 0.6) is 0 Å². The van der Waals surface area contributed by atoms with Crippen LogP contribution in [0.3, 0.4) is 0 Å². The molecule has 1 N–H and O–H groups in total. The second kappa shape index (κ2) is 7.21. The minimum Gasteiger partial charge on any atom is -0.306 e. The monoisotopic (exact) mass is 329 g/mol. The van der Waals surface area contributed by atoms with Crippen molar-refractivity contribution < 1.29 is 8.78 Å². The topological polar surface area (TPSA) is 12.0 Å². The quantitative estimate of drug-likeness (QED) is 0.778. The maximum absolute atomic E-state index is 14.1. The summed E-state index contributed by atoms with van der Waals surface area (Å²) >= 11 is 12.4. The molecule has 1 atom stereocenters. The molecule has 0 radical (unpaired) electrons. The van der Waals surface area contributed by atoms with Crippen LogP contribution in [0.4, 0.5) is 8.78 Å². The Morgan fingerprint density at radius 3 is 2.38 bits per heavy atom. The van der Waals surface area contributed by atoms with E-state index in [0.717, 1.165) is 18.6 Å². The van der Waals surface area contributed by atoms with Gasteiger partial charge in [0.25, 0.3) is 0 Å². The van der Waals surface area contributed by atoms with Gasteiger partial charge in [-0.1, -0.05) is 36.2 Å². The SMILES string of the molecule is CCCNC(c1cc(F)ccc1F)c1c(Cl)cccc1Cl. The van der Waals surface area contributed by atoms with Gasteiger partial charge < -0.3 is 5.32 Å². The van der Waals surface area contributed by atoms with E-state index in [9.17, 15) is 8.78 Å². The van der Waals surface area contributed by atoms with Gasteiger partial charge in [0, 0.05) is 21.2 Å². The van der Waals surface area contributed by atoms with Gasteiger partial charge in [0.15, 0.2) is 0 Å². The molecule has 0 saturated heterocycles. The number of halogens is 4. The molecule has 0 spiro atoms. The molecule has 112 valence electrons. The lowest BCUT2D eigenvalue weighted by atomic mass is 9.97. The van der Waals surface area contributed by atoms with Crippen LogP contribution in [0.15, 0.2) is 36.4 Å². The van der Waals surface area contributed by atoms with Crippen LogP contribution in [0.25, 0.3) is 0 Å². The maximum Gasteiger partial charge on any atom is 0.128 e. The molecular weight excluding hydrogens is 315 g/mol. The Labute approximate surface area is 132 Å². The van der Waals surface area contributed by atoms with Crippen LogP contribution in [0.2, 0.25) is 10.0 Å². The highest BCUT2D eigenvalue weighted by Gasteiger charge is 2.22. The second-order valence-corrected chi connectivity index (χ2v) is 5.50. The summed E-state index contributed by atoms with van der Waals surface area (Å²) in [5, 5.41) is 4.01. The fourth-order valence-electron chi connectivity index (χ4n) is 2.18. The minimum absolute atomic E-state index is 0.193. The van der Waals surface area contributed by atoms with E-state index < -0.39 is 17.7 Å². The highest BCUT2D eigenvalue weighted by atomic mass is 35.5. The van der Waals surface area contributed by atoms with E-state index in [0.29, 0.717) is 22.2 Å². The highest BCUT2D eigenvalue weighted by molar-refractivity contribution is 6.36. The van der Waals surface area contributed by atoms with E-state index in [-0.39, 0.29) is 5.56 Å². The molecule has 1 nitrogen and oxygen atoms in total. The Balaban J connectivity index is 2.55. The van der Waals surface area contributed by atoms with Crippen molar-refractivity contribution in [3.63, 3.8) is 0 Å². The first kappa shape index (κ1) is 16.2. The van der Waals surface area contributed by atoms with Gasteiger partial charge in [0.05, 0.1) is 6.04 Å². The number of hydrogen-bond donors (Lipinski definition) is 1. The Morgan fingerprint density at radius 2 is 1.76 bits per heavy atom. The first-order valence-electron chi connectivity index (χ1n) is 6.66. The zero-order valence-electron chi connectivity index (χ0n) is 11.5. The molecule has 5 heteroatoms. The molecule has 0 aliphatic carbocycles. The van der Waals surface area contributed by atoms with Crippen LogP contribution in [0.1, 0.15) is 30.5 Å². The molecule has 0 aromatic heterocycles. The van der Waals surface area contributed by atoms with Crippen molar-refractivity contribution >= 4 is 23.2 Å². The molecule has 2 aromatic carbocycles. The summed E-state index contributed by atoms with van der Waals surface area (Å²) in [6.07, 6.45) is 0.843. The van der Waals surface area contributed by atoms with Gasteiger partial charge >= 0.3 is 0 Å². The average molecular weight is 330 g/mol.